The van der Waals surface area contributed by atoms with Gasteiger partial charge in [0, 0.05) is 33.4 Å². The fraction of sp³-hybridized carbons (Fsp3) is 0. The third-order valence-electron chi connectivity index (χ3n) is 10.8. The van der Waals surface area contributed by atoms with E-state index in [1.807, 2.05) is 0 Å². The monoisotopic (exact) mass is 714 g/mol. The third-order valence-corrected chi connectivity index (χ3v) is 10.8. The first kappa shape index (κ1) is 33.2. The van der Waals surface area contributed by atoms with Gasteiger partial charge in [-0.15, -0.1) is 0 Å². The van der Waals surface area contributed by atoms with Gasteiger partial charge in [0.1, 0.15) is 0 Å². The van der Waals surface area contributed by atoms with E-state index in [1.54, 1.807) is 0 Å². The zero-order chi connectivity index (χ0) is 37.3. The summed E-state index contributed by atoms with van der Waals surface area (Å²) in [6.45, 7) is 0. The molecule has 0 fully saturated rings. The fourth-order valence-corrected chi connectivity index (χ4v) is 8.27. The first-order valence-electron chi connectivity index (χ1n) is 19.2. The lowest BCUT2D eigenvalue weighted by Crippen LogP contribution is -2.11. The summed E-state index contributed by atoms with van der Waals surface area (Å²) >= 11 is 0. The number of anilines is 3. The normalized spacial score (nSPS) is 11.2. The second-order valence-electron chi connectivity index (χ2n) is 14.1. The first-order chi connectivity index (χ1) is 27.8. The van der Waals surface area contributed by atoms with Gasteiger partial charge in [-0.3, -0.25) is 0 Å². The van der Waals surface area contributed by atoms with Gasteiger partial charge in [-0.1, -0.05) is 176 Å². The SMILES string of the molecule is c1ccc(-c2cccc(N(c3ccc(-n4c5ccccc5c5ccccc54)cc3)c3ccccc3-c3ccccc3-c3ccccc3-c3ccccc3)c2)cc1. The van der Waals surface area contributed by atoms with Gasteiger partial charge < -0.3 is 9.47 Å². The van der Waals surface area contributed by atoms with Gasteiger partial charge in [0.05, 0.1) is 16.7 Å². The molecular formula is C54H38N2. The molecule has 0 unspecified atom stereocenters. The molecule has 0 aliphatic heterocycles. The highest BCUT2D eigenvalue weighted by Gasteiger charge is 2.21. The standard InChI is InChI=1S/C54H38N2/c1-3-18-39(19-4-1)41-22-17-23-44(38-41)55(42-34-36-43(37-35-42)56-53-32-15-12-29-50(53)51-30-13-16-33-54(51)56)52-31-14-11-28-49(52)48-27-10-9-26-47(48)46-25-8-7-24-45(46)40-20-5-2-6-21-40/h1-38H. The predicted octanol–water partition coefficient (Wildman–Crippen LogP) is 14.9. The topological polar surface area (TPSA) is 8.17 Å². The molecule has 0 bridgehead atoms. The molecule has 0 saturated heterocycles. The Balaban J connectivity index is 1.16. The summed E-state index contributed by atoms with van der Waals surface area (Å²) in [5, 5.41) is 2.51. The molecule has 0 amide bonds. The largest absolute Gasteiger partial charge is 0.310 e. The van der Waals surface area contributed by atoms with Crippen molar-refractivity contribution in [2.75, 3.05) is 4.90 Å². The molecule has 0 saturated carbocycles. The molecule has 0 atom stereocenters. The first-order valence-corrected chi connectivity index (χ1v) is 19.2. The summed E-state index contributed by atoms with van der Waals surface area (Å²) in [4.78, 5) is 2.41. The molecule has 0 radical (unpaired) electrons. The van der Waals surface area contributed by atoms with Crippen LogP contribution in [0.1, 0.15) is 0 Å². The van der Waals surface area contributed by atoms with Crippen LogP contribution < -0.4 is 4.90 Å². The van der Waals surface area contributed by atoms with Crippen LogP contribution in [0, 0.1) is 0 Å². The zero-order valence-electron chi connectivity index (χ0n) is 30.8. The molecule has 9 aromatic carbocycles. The van der Waals surface area contributed by atoms with Crippen LogP contribution >= 0.6 is 0 Å². The average Bonchev–Trinajstić information content (AvgIpc) is 3.62. The van der Waals surface area contributed by atoms with E-state index in [1.165, 1.54) is 60.8 Å². The van der Waals surface area contributed by atoms with E-state index in [0.29, 0.717) is 0 Å². The second kappa shape index (κ2) is 14.4. The summed E-state index contributed by atoms with van der Waals surface area (Å²) in [5.41, 5.74) is 16.3. The molecule has 0 aliphatic carbocycles. The maximum atomic E-state index is 2.41. The van der Waals surface area contributed by atoms with Gasteiger partial charge in [0.15, 0.2) is 0 Å². The number of aromatic nitrogens is 1. The van der Waals surface area contributed by atoms with Crippen molar-refractivity contribution in [3.63, 3.8) is 0 Å². The van der Waals surface area contributed by atoms with Crippen molar-refractivity contribution in [1.82, 2.24) is 4.57 Å². The number of hydrogen-bond donors (Lipinski definition) is 0. The number of para-hydroxylation sites is 3. The summed E-state index contributed by atoms with van der Waals surface area (Å²) in [6, 6.07) is 83.1. The Kier molecular flexibility index (Phi) is 8.55. The summed E-state index contributed by atoms with van der Waals surface area (Å²) in [6.07, 6.45) is 0. The Morgan fingerprint density at radius 1 is 0.286 bits per heavy atom. The van der Waals surface area contributed by atoms with Crippen LogP contribution in [0.25, 0.3) is 72.0 Å². The Hall–Kier alpha value is -7.42. The van der Waals surface area contributed by atoms with Crippen molar-refractivity contribution in [3.8, 4) is 50.2 Å². The predicted molar refractivity (Wildman–Crippen MR) is 237 cm³/mol. The van der Waals surface area contributed by atoms with E-state index in [2.05, 4.69) is 240 Å². The van der Waals surface area contributed by atoms with Gasteiger partial charge >= 0.3 is 0 Å². The van der Waals surface area contributed by atoms with Crippen LogP contribution in [-0.2, 0) is 0 Å². The lowest BCUT2D eigenvalue weighted by atomic mass is 9.88. The molecule has 56 heavy (non-hydrogen) atoms. The van der Waals surface area contributed by atoms with Crippen LogP contribution in [-0.4, -0.2) is 4.57 Å². The highest BCUT2D eigenvalue weighted by Crippen LogP contribution is 2.46. The number of fused-ring (bicyclic) bond motifs is 3. The molecule has 10 rings (SSSR count). The van der Waals surface area contributed by atoms with Crippen molar-refractivity contribution in [3.05, 3.63) is 231 Å². The van der Waals surface area contributed by atoms with E-state index >= 15 is 0 Å². The van der Waals surface area contributed by atoms with Crippen molar-refractivity contribution >= 4 is 38.9 Å². The van der Waals surface area contributed by atoms with Crippen LogP contribution in [0.4, 0.5) is 17.1 Å². The Labute approximate surface area is 327 Å². The molecular weight excluding hydrogens is 677 g/mol. The van der Waals surface area contributed by atoms with E-state index < -0.39 is 0 Å². The molecule has 2 nitrogen and oxygen atoms in total. The highest BCUT2D eigenvalue weighted by molar-refractivity contribution is 6.09. The molecule has 0 aliphatic rings. The van der Waals surface area contributed by atoms with Crippen LogP contribution in [0.3, 0.4) is 0 Å². The van der Waals surface area contributed by atoms with Gasteiger partial charge in [-0.05, 0) is 93.5 Å². The lowest BCUT2D eigenvalue weighted by Gasteiger charge is -2.29. The maximum Gasteiger partial charge on any atom is 0.0541 e. The van der Waals surface area contributed by atoms with E-state index in [0.717, 1.165) is 28.3 Å². The maximum absolute atomic E-state index is 2.41. The van der Waals surface area contributed by atoms with Gasteiger partial charge in [-0.25, -0.2) is 0 Å². The third kappa shape index (κ3) is 5.95. The average molecular weight is 715 g/mol. The van der Waals surface area contributed by atoms with Crippen molar-refractivity contribution in [1.29, 1.82) is 0 Å². The second-order valence-corrected chi connectivity index (χ2v) is 14.1. The smallest absolute Gasteiger partial charge is 0.0541 e. The minimum atomic E-state index is 1.08. The lowest BCUT2D eigenvalue weighted by molar-refractivity contribution is 1.17. The Morgan fingerprint density at radius 2 is 0.750 bits per heavy atom. The summed E-state index contributed by atoms with van der Waals surface area (Å²) in [5.74, 6) is 0. The van der Waals surface area contributed by atoms with Crippen LogP contribution in [0.15, 0.2) is 231 Å². The van der Waals surface area contributed by atoms with Gasteiger partial charge in [0.2, 0.25) is 0 Å². The molecule has 1 heterocycles. The highest BCUT2D eigenvalue weighted by atomic mass is 15.1. The number of benzene rings is 9. The molecule has 264 valence electrons. The minimum Gasteiger partial charge on any atom is -0.310 e. The summed E-state index contributed by atoms with van der Waals surface area (Å²) < 4.78 is 2.38. The van der Waals surface area contributed by atoms with E-state index in [9.17, 15) is 0 Å². The molecule has 10 aromatic rings. The molecule has 0 N–H and O–H groups in total. The van der Waals surface area contributed by atoms with Crippen LogP contribution in [0.5, 0.6) is 0 Å². The number of hydrogen-bond acceptors (Lipinski definition) is 1. The molecule has 2 heteroatoms. The summed E-state index contributed by atoms with van der Waals surface area (Å²) in [7, 11) is 0. The Bertz CT molecular complexity index is 2910. The van der Waals surface area contributed by atoms with Crippen molar-refractivity contribution in [2.45, 2.75) is 0 Å². The molecule has 1 aromatic heterocycles. The van der Waals surface area contributed by atoms with E-state index in [4.69, 9.17) is 0 Å². The van der Waals surface area contributed by atoms with Gasteiger partial charge in [-0.2, -0.15) is 0 Å². The van der Waals surface area contributed by atoms with Crippen molar-refractivity contribution < 1.29 is 0 Å². The molecule has 0 spiro atoms. The number of nitrogens with zero attached hydrogens (tertiary/aromatic N) is 2. The number of rotatable bonds is 8. The van der Waals surface area contributed by atoms with Gasteiger partial charge in [0.25, 0.3) is 0 Å². The minimum absolute atomic E-state index is 1.08. The quantitative estimate of drug-likeness (QED) is 0.152. The van der Waals surface area contributed by atoms with Crippen molar-refractivity contribution in [2.24, 2.45) is 0 Å². The Morgan fingerprint density at radius 3 is 1.39 bits per heavy atom. The van der Waals surface area contributed by atoms with Crippen LogP contribution in [0.2, 0.25) is 0 Å². The van der Waals surface area contributed by atoms with E-state index in [-0.39, 0.29) is 0 Å². The zero-order valence-corrected chi connectivity index (χ0v) is 30.8. The fourth-order valence-electron chi connectivity index (χ4n) is 8.27.